The van der Waals surface area contributed by atoms with E-state index in [2.05, 4.69) is 6.92 Å². The Bertz CT molecular complexity index is 203. The molecule has 0 amide bonds. The van der Waals surface area contributed by atoms with Crippen LogP contribution in [0.25, 0.3) is 0 Å². The van der Waals surface area contributed by atoms with Gasteiger partial charge in [-0.05, 0) is 18.0 Å². The third kappa shape index (κ3) is 14.2. The number of unbranched alkanes of at least 4 members (excludes halogenated alkanes) is 11. The molecule has 0 aromatic heterocycles. The van der Waals surface area contributed by atoms with Gasteiger partial charge in [0, 0.05) is 5.92 Å². The first-order valence-electron chi connectivity index (χ1n) is 8.37. The molecule has 0 bridgehead atoms. The van der Waals surface area contributed by atoms with E-state index in [-0.39, 0.29) is 11.2 Å². The Morgan fingerprint density at radius 3 is 1.53 bits per heavy atom. The van der Waals surface area contributed by atoms with Crippen molar-refractivity contribution in [1.29, 1.82) is 0 Å². The van der Waals surface area contributed by atoms with E-state index in [0.29, 0.717) is 0 Å². The summed E-state index contributed by atoms with van der Waals surface area (Å²) in [4.78, 5) is 10.8. The van der Waals surface area contributed by atoms with Crippen molar-refractivity contribution in [2.75, 3.05) is 0 Å². The number of carbonyl (C=O) groups excluding carboxylic acids is 1. The van der Waals surface area contributed by atoms with Gasteiger partial charge in [0.05, 0.1) is 0 Å². The van der Waals surface area contributed by atoms with Gasteiger partial charge in [-0.15, -0.1) is 0 Å². The van der Waals surface area contributed by atoms with E-state index < -0.39 is 0 Å². The zero-order chi connectivity index (χ0) is 14.3. The van der Waals surface area contributed by atoms with Crippen LogP contribution < -0.4 is 0 Å². The summed E-state index contributed by atoms with van der Waals surface area (Å²) in [6.07, 6.45) is 17.3. The van der Waals surface area contributed by atoms with E-state index >= 15 is 0 Å². The van der Waals surface area contributed by atoms with Crippen LogP contribution in [0.5, 0.6) is 0 Å². The van der Waals surface area contributed by atoms with Gasteiger partial charge in [0.25, 0.3) is 0 Å². The SMILES string of the molecule is CCCCCCCCCCCCCCC(C)C(=O)Cl. The van der Waals surface area contributed by atoms with Gasteiger partial charge in [-0.1, -0.05) is 90.9 Å². The smallest absolute Gasteiger partial charge is 0.224 e. The van der Waals surface area contributed by atoms with Crippen LogP contribution in [-0.4, -0.2) is 5.24 Å². The molecule has 0 saturated heterocycles. The van der Waals surface area contributed by atoms with E-state index in [4.69, 9.17) is 11.6 Å². The van der Waals surface area contributed by atoms with Gasteiger partial charge in [0.1, 0.15) is 0 Å². The molecule has 19 heavy (non-hydrogen) atoms. The maximum atomic E-state index is 10.8. The molecule has 0 heterocycles. The van der Waals surface area contributed by atoms with Gasteiger partial charge in [0.15, 0.2) is 0 Å². The van der Waals surface area contributed by atoms with Gasteiger partial charge in [-0.3, -0.25) is 4.79 Å². The molecule has 1 unspecified atom stereocenters. The first-order valence-corrected chi connectivity index (χ1v) is 8.75. The molecule has 0 fully saturated rings. The molecule has 0 aliphatic heterocycles. The molecular weight excluding hydrogens is 256 g/mol. The van der Waals surface area contributed by atoms with E-state index in [1.165, 1.54) is 70.6 Å². The normalized spacial score (nSPS) is 12.6. The summed E-state index contributed by atoms with van der Waals surface area (Å²) in [5.41, 5.74) is 0. The summed E-state index contributed by atoms with van der Waals surface area (Å²) in [6, 6.07) is 0. The lowest BCUT2D eigenvalue weighted by molar-refractivity contribution is -0.114. The van der Waals surface area contributed by atoms with Crippen molar-refractivity contribution in [3.8, 4) is 0 Å². The molecule has 0 rings (SSSR count). The fourth-order valence-corrected chi connectivity index (χ4v) is 2.51. The molecular formula is C17H33ClO. The summed E-state index contributed by atoms with van der Waals surface area (Å²) >= 11 is 5.43. The van der Waals surface area contributed by atoms with Crippen LogP contribution in [0.3, 0.4) is 0 Å². The fraction of sp³-hybridized carbons (Fsp3) is 0.941. The average molecular weight is 289 g/mol. The summed E-state index contributed by atoms with van der Waals surface area (Å²) in [5, 5.41) is -0.178. The minimum atomic E-state index is -0.178. The van der Waals surface area contributed by atoms with Gasteiger partial charge in [0.2, 0.25) is 5.24 Å². The zero-order valence-electron chi connectivity index (χ0n) is 13.1. The minimum Gasteiger partial charge on any atom is -0.281 e. The molecule has 0 aliphatic carbocycles. The second-order valence-electron chi connectivity index (χ2n) is 5.88. The highest BCUT2D eigenvalue weighted by Crippen LogP contribution is 2.15. The van der Waals surface area contributed by atoms with Crippen molar-refractivity contribution in [1.82, 2.24) is 0 Å². The Hall–Kier alpha value is -0.0400. The molecule has 1 atom stereocenters. The third-order valence-corrected chi connectivity index (χ3v) is 4.25. The third-order valence-electron chi connectivity index (χ3n) is 3.88. The molecule has 0 aliphatic rings. The Labute approximate surface area is 125 Å². The largest absolute Gasteiger partial charge is 0.281 e. The van der Waals surface area contributed by atoms with E-state index in [1.807, 2.05) is 6.92 Å². The van der Waals surface area contributed by atoms with E-state index in [1.54, 1.807) is 0 Å². The highest BCUT2D eigenvalue weighted by Gasteiger charge is 2.08. The lowest BCUT2D eigenvalue weighted by atomic mass is 10.0. The van der Waals surface area contributed by atoms with Crippen molar-refractivity contribution in [2.24, 2.45) is 5.92 Å². The molecule has 0 N–H and O–H groups in total. The van der Waals surface area contributed by atoms with E-state index in [0.717, 1.165) is 12.8 Å². The van der Waals surface area contributed by atoms with Crippen LogP contribution in [0.15, 0.2) is 0 Å². The molecule has 0 aromatic rings. The molecule has 0 aromatic carbocycles. The van der Waals surface area contributed by atoms with Gasteiger partial charge >= 0.3 is 0 Å². The van der Waals surface area contributed by atoms with Gasteiger partial charge < -0.3 is 0 Å². The molecule has 114 valence electrons. The lowest BCUT2D eigenvalue weighted by Gasteiger charge is -2.05. The number of hydrogen-bond donors (Lipinski definition) is 0. The first-order chi connectivity index (χ1) is 9.18. The maximum absolute atomic E-state index is 10.8. The summed E-state index contributed by atoms with van der Waals surface area (Å²) in [5.74, 6) is 0.0461. The Morgan fingerprint density at radius 2 is 1.16 bits per heavy atom. The standard InChI is InChI=1S/C17H33ClO/c1-3-4-5-6-7-8-9-10-11-12-13-14-15-16(2)17(18)19/h16H,3-15H2,1-2H3. The van der Waals surface area contributed by atoms with Crippen LogP contribution in [0.2, 0.25) is 0 Å². The predicted molar refractivity (Wildman–Crippen MR) is 85.7 cm³/mol. The lowest BCUT2D eigenvalue weighted by Crippen LogP contribution is -2.02. The highest BCUT2D eigenvalue weighted by molar-refractivity contribution is 6.63. The van der Waals surface area contributed by atoms with Gasteiger partial charge in [-0.25, -0.2) is 0 Å². The van der Waals surface area contributed by atoms with Crippen molar-refractivity contribution in [3.63, 3.8) is 0 Å². The molecule has 1 nitrogen and oxygen atoms in total. The molecule has 0 saturated carbocycles. The number of halogens is 1. The minimum absolute atomic E-state index is 0.0461. The van der Waals surface area contributed by atoms with E-state index in [9.17, 15) is 4.79 Å². The van der Waals surface area contributed by atoms with Crippen molar-refractivity contribution >= 4 is 16.8 Å². The topological polar surface area (TPSA) is 17.1 Å². The maximum Gasteiger partial charge on any atom is 0.224 e. The monoisotopic (exact) mass is 288 g/mol. The Morgan fingerprint density at radius 1 is 0.789 bits per heavy atom. The quantitative estimate of drug-likeness (QED) is 0.264. The first kappa shape index (κ1) is 19.0. The van der Waals surface area contributed by atoms with Crippen LogP contribution in [-0.2, 0) is 4.79 Å². The van der Waals surface area contributed by atoms with Crippen molar-refractivity contribution < 1.29 is 4.79 Å². The number of hydrogen-bond acceptors (Lipinski definition) is 1. The Balaban J connectivity index is 3.05. The molecule has 0 radical (unpaired) electrons. The highest BCUT2D eigenvalue weighted by atomic mass is 35.5. The van der Waals surface area contributed by atoms with Gasteiger partial charge in [-0.2, -0.15) is 0 Å². The predicted octanol–water partition coefficient (Wildman–Crippen LogP) is 6.48. The van der Waals surface area contributed by atoms with Crippen molar-refractivity contribution in [3.05, 3.63) is 0 Å². The summed E-state index contributed by atoms with van der Waals surface area (Å²) in [6.45, 7) is 4.19. The van der Waals surface area contributed by atoms with Crippen LogP contribution >= 0.6 is 11.6 Å². The zero-order valence-corrected chi connectivity index (χ0v) is 13.8. The van der Waals surface area contributed by atoms with Crippen LogP contribution in [0, 0.1) is 5.92 Å². The fourth-order valence-electron chi connectivity index (χ4n) is 2.40. The van der Waals surface area contributed by atoms with Crippen LogP contribution in [0.4, 0.5) is 0 Å². The summed E-state index contributed by atoms with van der Waals surface area (Å²) < 4.78 is 0. The number of rotatable bonds is 14. The second-order valence-corrected chi connectivity index (χ2v) is 6.26. The average Bonchev–Trinajstić information content (AvgIpc) is 2.39. The second kappa shape index (κ2) is 14.4. The molecule has 2 heteroatoms. The van der Waals surface area contributed by atoms with Crippen LogP contribution in [0.1, 0.15) is 97.3 Å². The number of carbonyl (C=O) groups is 1. The summed E-state index contributed by atoms with van der Waals surface area (Å²) in [7, 11) is 0. The Kier molecular flexibility index (Phi) is 14.3. The molecule has 0 spiro atoms. The van der Waals surface area contributed by atoms with Crippen molar-refractivity contribution in [2.45, 2.75) is 97.3 Å².